The summed E-state index contributed by atoms with van der Waals surface area (Å²) in [6, 6.07) is 10.1. The van der Waals surface area contributed by atoms with Crippen molar-refractivity contribution in [3.8, 4) is 0 Å². The third-order valence-electron chi connectivity index (χ3n) is 3.98. The van der Waals surface area contributed by atoms with E-state index in [-0.39, 0.29) is 18.6 Å². The third kappa shape index (κ3) is 4.63. The molecule has 2 N–H and O–H groups in total. The van der Waals surface area contributed by atoms with Gasteiger partial charge in [-0.15, -0.1) is 0 Å². The Balaban J connectivity index is 1.72. The number of anilines is 1. The Bertz CT molecular complexity index is 438. The number of benzene rings is 1. The van der Waals surface area contributed by atoms with Gasteiger partial charge in [0.2, 0.25) is 0 Å². The van der Waals surface area contributed by atoms with Crippen LogP contribution in [0.1, 0.15) is 12.8 Å². The lowest BCUT2D eigenvalue weighted by Gasteiger charge is -2.32. The summed E-state index contributed by atoms with van der Waals surface area (Å²) < 4.78 is 0. The molecule has 1 aromatic rings. The standard InChI is InChI=1S/C16H25N3O2/c1-18(15-7-3-2-4-8-15)11-9-17-16(21)19-10-5-6-14(12-19)13-20/h2-4,7-8,14,20H,5-6,9-13H2,1H3,(H,17,21). The van der Waals surface area contributed by atoms with Gasteiger partial charge in [-0.1, -0.05) is 18.2 Å². The summed E-state index contributed by atoms with van der Waals surface area (Å²) in [5.41, 5.74) is 1.14. The topological polar surface area (TPSA) is 55.8 Å². The molecule has 1 unspecified atom stereocenters. The van der Waals surface area contributed by atoms with Crippen molar-refractivity contribution >= 4 is 11.7 Å². The predicted octanol–water partition coefficient (Wildman–Crippen LogP) is 1.54. The van der Waals surface area contributed by atoms with Gasteiger partial charge in [0.05, 0.1) is 0 Å². The highest BCUT2D eigenvalue weighted by molar-refractivity contribution is 5.74. The monoisotopic (exact) mass is 291 g/mol. The Kier molecular flexibility index (Phi) is 5.87. The summed E-state index contributed by atoms with van der Waals surface area (Å²) in [7, 11) is 2.02. The van der Waals surface area contributed by atoms with Gasteiger partial charge in [-0.25, -0.2) is 4.79 Å². The number of para-hydroxylation sites is 1. The molecule has 1 aliphatic heterocycles. The van der Waals surface area contributed by atoms with Crippen molar-refractivity contribution in [1.82, 2.24) is 10.2 Å². The van der Waals surface area contributed by atoms with E-state index in [0.29, 0.717) is 13.1 Å². The van der Waals surface area contributed by atoms with Crippen LogP contribution >= 0.6 is 0 Å². The average Bonchev–Trinajstić information content (AvgIpc) is 2.55. The SMILES string of the molecule is CN(CCNC(=O)N1CCCC(CO)C1)c1ccccc1. The number of piperidine rings is 1. The van der Waals surface area contributed by atoms with Crippen molar-refractivity contribution < 1.29 is 9.90 Å². The van der Waals surface area contributed by atoms with Crippen molar-refractivity contribution in [1.29, 1.82) is 0 Å². The Morgan fingerprint density at radius 2 is 2.19 bits per heavy atom. The van der Waals surface area contributed by atoms with E-state index in [1.165, 1.54) is 0 Å². The van der Waals surface area contributed by atoms with Crippen LogP contribution in [0.15, 0.2) is 30.3 Å². The number of aliphatic hydroxyl groups is 1. The van der Waals surface area contributed by atoms with E-state index in [1.807, 2.05) is 30.1 Å². The average molecular weight is 291 g/mol. The van der Waals surface area contributed by atoms with Crippen LogP contribution in [0.4, 0.5) is 10.5 Å². The fourth-order valence-corrected chi connectivity index (χ4v) is 2.65. The highest BCUT2D eigenvalue weighted by Gasteiger charge is 2.22. The third-order valence-corrected chi connectivity index (χ3v) is 3.98. The van der Waals surface area contributed by atoms with Crippen LogP contribution in [-0.2, 0) is 0 Å². The highest BCUT2D eigenvalue weighted by Crippen LogP contribution is 2.15. The Morgan fingerprint density at radius 1 is 1.43 bits per heavy atom. The molecule has 2 amide bonds. The van der Waals surface area contributed by atoms with Crippen LogP contribution in [-0.4, -0.2) is 55.9 Å². The van der Waals surface area contributed by atoms with Crippen molar-refractivity contribution in [3.05, 3.63) is 30.3 Å². The number of hydrogen-bond acceptors (Lipinski definition) is 3. The molecule has 2 rings (SSSR count). The summed E-state index contributed by atoms with van der Waals surface area (Å²) in [4.78, 5) is 16.0. The zero-order valence-corrected chi connectivity index (χ0v) is 12.7. The van der Waals surface area contributed by atoms with Gasteiger partial charge in [0.15, 0.2) is 0 Å². The zero-order chi connectivity index (χ0) is 15.1. The number of nitrogens with one attached hydrogen (secondary N) is 1. The molecule has 1 heterocycles. The van der Waals surface area contributed by atoms with Gasteiger partial charge >= 0.3 is 6.03 Å². The number of nitrogens with zero attached hydrogens (tertiary/aromatic N) is 2. The number of amides is 2. The molecule has 1 aromatic carbocycles. The first-order chi connectivity index (χ1) is 10.2. The molecular formula is C16H25N3O2. The van der Waals surface area contributed by atoms with Crippen LogP contribution in [0.5, 0.6) is 0 Å². The molecule has 0 spiro atoms. The minimum Gasteiger partial charge on any atom is -0.396 e. The molecule has 116 valence electrons. The van der Waals surface area contributed by atoms with Gasteiger partial charge in [0, 0.05) is 45.5 Å². The Morgan fingerprint density at radius 3 is 2.90 bits per heavy atom. The second-order valence-electron chi connectivity index (χ2n) is 5.63. The van der Waals surface area contributed by atoms with Crippen molar-refractivity contribution in [2.24, 2.45) is 5.92 Å². The first kappa shape index (κ1) is 15.6. The van der Waals surface area contributed by atoms with E-state index < -0.39 is 0 Å². The van der Waals surface area contributed by atoms with Crippen molar-refractivity contribution in [3.63, 3.8) is 0 Å². The minimum atomic E-state index is -0.0189. The van der Waals surface area contributed by atoms with Crippen LogP contribution in [0, 0.1) is 5.92 Å². The number of urea groups is 1. The number of likely N-dealkylation sites (N-methyl/N-ethyl adjacent to an activating group) is 1. The molecule has 5 heteroatoms. The molecule has 1 aliphatic rings. The highest BCUT2D eigenvalue weighted by atomic mass is 16.3. The van der Waals surface area contributed by atoms with Crippen LogP contribution in [0.25, 0.3) is 0 Å². The van der Waals surface area contributed by atoms with Crippen LogP contribution < -0.4 is 10.2 Å². The fraction of sp³-hybridized carbons (Fsp3) is 0.562. The number of carbonyl (C=O) groups excluding carboxylic acids is 1. The van der Waals surface area contributed by atoms with Gasteiger partial charge in [-0.3, -0.25) is 0 Å². The van der Waals surface area contributed by atoms with E-state index in [2.05, 4.69) is 22.3 Å². The largest absolute Gasteiger partial charge is 0.396 e. The van der Waals surface area contributed by atoms with Crippen LogP contribution in [0.2, 0.25) is 0 Å². The van der Waals surface area contributed by atoms with E-state index in [1.54, 1.807) is 0 Å². The lowest BCUT2D eigenvalue weighted by molar-refractivity contribution is 0.130. The zero-order valence-electron chi connectivity index (χ0n) is 12.7. The summed E-state index contributed by atoms with van der Waals surface area (Å²) in [5.74, 6) is 0.233. The van der Waals surface area contributed by atoms with Crippen molar-refractivity contribution in [2.45, 2.75) is 12.8 Å². The molecule has 0 saturated carbocycles. The first-order valence-electron chi connectivity index (χ1n) is 7.60. The quantitative estimate of drug-likeness (QED) is 0.865. The summed E-state index contributed by atoms with van der Waals surface area (Å²) in [6.07, 6.45) is 1.99. The van der Waals surface area contributed by atoms with Gasteiger partial charge in [0.25, 0.3) is 0 Å². The number of aliphatic hydroxyl groups excluding tert-OH is 1. The number of likely N-dealkylation sites (tertiary alicyclic amines) is 1. The first-order valence-corrected chi connectivity index (χ1v) is 7.60. The van der Waals surface area contributed by atoms with Crippen molar-refractivity contribution in [2.75, 3.05) is 44.7 Å². The van der Waals surface area contributed by atoms with Gasteiger partial charge in [-0.2, -0.15) is 0 Å². The second kappa shape index (κ2) is 7.88. The number of carbonyl (C=O) groups is 1. The fourth-order valence-electron chi connectivity index (χ4n) is 2.65. The smallest absolute Gasteiger partial charge is 0.317 e. The molecule has 1 fully saturated rings. The molecule has 1 saturated heterocycles. The number of rotatable bonds is 5. The molecular weight excluding hydrogens is 266 g/mol. The second-order valence-corrected chi connectivity index (χ2v) is 5.63. The predicted molar refractivity (Wildman–Crippen MR) is 84.5 cm³/mol. The maximum Gasteiger partial charge on any atom is 0.317 e. The molecule has 1 atom stereocenters. The lowest BCUT2D eigenvalue weighted by Crippen LogP contribution is -2.47. The summed E-state index contributed by atoms with van der Waals surface area (Å²) in [6.45, 7) is 3.01. The summed E-state index contributed by atoms with van der Waals surface area (Å²) in [5, 5.41) is 12.2. The minimum absolute atomic E-state index is 0.0189. The lowest BCUT2D eigenvalue weighted by atomic mass is 9.99. The summed E-state index contributed by atoms with van der Waals surface area (Å²) >= 11 is 0. The Labute approximate surface area is 126 Å². The molecule has 21 heavy (non-hydrogen) atoms. The van der Waals surface area contributed by atoms with Crippen LogP contribution in [0.3, 0.4) is 0 Å². The molecule has 0 bridgehead atoms. The maximum atomic E-state index is 12.1. The van der Waals surface area contributed by atoms with E-state index in [0.717, 1.165) is 31.6 Å². The molecule has 5 nitrogen and oxygen atoms in total. The van der Waals surface area contributed by atoms with E-state index >= 15 is 0 Å². The normalized spacial score (nSPS) is 18.4. The maximum absolute atomic E-state index is 12.1. The van der Waals surface area contributed by atoms with Gasteiger partial charge < -0.3 is 20.2 Å². The van der Waals surface area contributed by atoms with E-state index in [4.69, 9.17) is 0 Å². The molecule has 0 aliphatic carbocycles. The number of hydrogen-bond donors (Lipinski definition) is 2. The molecule has 0 radical (unpaired) electrons. The molecule has 0 aromatic heterocycles. The van der Waals surface area contributed by atoms with E-state index in [9.17, 15) is 9.90 Å². The Hall–Kier alpha value is -1.75. The van der Waals surface area contributed by atoms with Gasteiger partial charge in [0.1, 0.15) is 0 Å². The van der Waals surface area contributed by atoms with Gasteiger partial charge in [-0.05, 0) is 30.9 Å².